The van der Waals surface area contributed by atoms with Crippen molar-refractivity contribution in [3.63, 3.8) is 0 Å². The average molecular weight is 335 g/mol. The minimum absolute atomic E-state index is 0.654. The Kier molecular flexibility index (Phi) is 20.3. The summed E-state index contributed by atoms with van der Waals surface area (Å²) in [5.74, 6) is 0. The molecular formula is C9H10N3O7PS. The molecule has 21 heavy (non-hydrogen) atoms. The Morgan fingerprint density at radius 2 is 1.29 bits per heavy atom. The normalized spacial score (nSPS) is 7.71. The molecule has 0 unspecified atom stereocenters. The van der Waals surface area contributed by atoms with E-state index in [2.05, 4.69) is 3.97 Å². The number of rotatable bonds is 3. The number of hydrogen-bond donors (Lipinski definition) is 5. The Bertz CT molecular complexity index is 487. The van der Waals surface area contributed by atoms with Gasteiger partial charge < -0.3 is 9.79 Å². The number of phosphoric acid groups is 1. The van der Waals surface area contributed by atoms with Gasteiger partial charge in [-0.25, -0.2) is 39.1 Å². The molecule has 0 radical (unpaired) electrons. The van der Waals surface area contributed by atoms with Gasteiger partial charge in [-0.3, -0.25) is 0 Å². The zero-order valence-corrected chi connectivity index (χ0v) is 11.9. The van der Waals surface area contributed by atoms with Crippen LogP contribution in [0, 0.1) is 16.2 Å². The first-order chi connectivity index (χ1) is 9.82. The Labute approximate surface area is 123 Å². The molecule has 10 nitrogen and oxygen atoms in total. The molecule has 0 aliphatic rings. The van der Waals surface area contributed by atoms with Gasteiger partial charge in [0.25, 0.3) is 0 Å². The van der Waals surface area contributed by atoms with Gasteiger partial charge in [-0.05, 0) is 12.1 Å². The molecule has 0 fully saturated rings. The maximum Gasteiger partial charge on any atom is 0.481 e. The lowest BCUT2D eigenvalue weighted by molar-refractivity contribution is 0.298. The van der Waals surface area contributed by atoms with Crippen molar-refractivity contribution in [1.82, 2.24) is 0 Å². The fourth-order valence-corrected chi connectivity index (χ4v) is 1.57. The lowest BCUT2D eigenvalue weighted by Gasteiger charge is -2.01. The monoisotopic (exact) mass is 335 g/mol. The summed E-state index contributed by atoms with van der Waals surface area (Å²) in [7, 11) is -4.37. The molecule has 0 bridgehead atoms. The van der Waals surface area contributed by atoms with Crippen LogP contribution in [0.25, 0.3) is 0 Å². The van der Waals surface area contributed by atoms with Gasteiger partial charge in [-0.1, -0.05) is 18.2 Å². The summed E-state index contributed by atoms with van der Waals surface area (Å²) in [4.78, 5) is 42.4. The molecule has 0 amide bonds. The summed E-state index contributed by atoms with van der Waals surface area (Å²) in [5, 5.41) is 16.2. The fraction of sp³-hybridized carbons (Fsp3) is 0. The van der Waals surface area contributed by atoms with Crippen molar-refractivity contribution in [3.05, 3.63) is 30.3 Å². The quantitative estimate of drug-likeness (QED) is 0.237. The van der Waals surface area contributed by atoms with Crippen molar-refractivity contribution < 1.29 is 32.7 Å². The molecule has 0 atom stereocenters. The molecule has 1 rings (SSSR count). The van der Waals surface area contributed by atoms with E-state index in [1.54, 1.807) is 24.3 Å². The van der Waals surface area contributed by atoms with Crippen molar-refractivity contribution in [3.8, 4) is 0 Å². The first-order valence-electron chi connectivity index (χ1n) is 4.41. The Balaban J connectivity index is -0.000000300. The summed E-state index contributed by atoms with van der Waals surface area (Å²) >= 11 is 0.664. The molecule has 0 heterocycles. The van der Waals surface area contributed by atoms with E-state index in [0.29, 0.717) is 16.9 Å². The molecule has 1 aromatic carbocycles. The maximum atomic E-state index is 10.3. The van der Waals surface area contributed by atoms with Gasteiger partial charge in [0, 0.05) is 16.9 Å². The van der Waals surface area contributed by atoms with E-state index >= 15 is 0 Å². The third kappa shape index (κ3) is 31.9. The average Bonchev–Trinajstić information content (AvgIpc) is 2.40. The van der Waals surface area contributed by atoms with E-state index in [4.69, 9.17) is 40.4 Å². The fourth-order valence-electron chi connectivity index (χ4n) is 0.568. The van der Waals surface area contributed by atoms with Crippen molar-refractivity contribution in [1.29, 1.82) is 16.2 Å². The minimum Gasteiger partial charge on any atom is -0.302 e. The molecule has 0 aliphatic carbocycles. The molecule has 1 aromatic rings. The third-order valence-electron chi connectivity index (χ3n) is 0.974. The van der Waals surface area contributed by atoms with E-state index in [1.807, 2.05) is 6.07 Å². The zero-order valence-electron chi connectivity index (χ0n) is 10.2. The summed E-state index contributed by atoms with van der Waals surface area (Å²) in [6.07, 6.45) is 2.25. The van der Waals surface area contributed by atoms with Gasteiger partial charge in [0.1, 0.15) is 0 Å². The highest BCUT2D eigenvalue weighted by molar-refractivity contribution is 7.97. The second-order valence-corrected chi connectivity index (χ2v) is 4.48. The Morgan fingerprint density at radius 1 is 0.952 bits per heavy atom. The van der Waals surface area contributed by atoms with Gasteiger partial charge >= 0.3 is 7.82 Å². The lowest BCUT2D eigenvalue weighted by Crippen LogP contribution is -1.77. The summed E-state index contributed by atoms with van der Waals surface area (Å²) < 4.78 is 14.5. The van der Waals surface area contributed by atoms with Gasteiger partial charge in [0.05, 0.1) is 0 Å². The van der Waals surface area contributed by atoms with Gasteiger partial charge in [-0.15, -0.1) is 0 Å². The van der Waals surface area contributed by atoms with Crippen LogP contribution >= 0.6 is 19.9 Å². The van der Waals surface area contributed by atoms with Gasteiger partial charge in [0.2, 0.25) is 18.2 Å². The van der Waals surface area contributed by atoms with E-state index in [-0.39, 0.29) is 0 Å². The SMILES string of the molecule is N=C=O.N=C=O.N=C=O.O=P(O)(O)OSc1ccccc1. The van der Waals surface area contributed by atoms with Crippen LogP contribution < -0.4 is 0 Å². The van der Waals surface area contributed by atoms with E-state index < -0.39 is 7.82 Å². The van der Waals surface area contributed by atoms with Crippen LogP contribution in [0.4, 0.5) is 0 Å². The van der Waals surface area contributed by atoms with Gasteiger partial charge in [-0.2, -0.15) is 0 Å². The number of nitrogens with one attached hydrogen (secondary N) is 3. The standard InChI is InChI=1S/C6H7O4PS.3CHNO/c7-11(8,9)10-12-6-4-2-1-3-5-6;3*2-1-3/h1-5H,(H2,7,8,9);3*2H. The first kappa shape index (κ1) is 23.9. The topological polar surface area (TPSA) is 190 Å². The highest BCUT2D eigenvalue weighted by Crippen LogP contribution is 2.43. The largest absolute Gasteiger partial charge is 0.481 e. The lowest BCUT2D eigenvalue weighted by atomic mass is 10.4. The minimum atomic E-state index is -4.37. The van der Waals surface area contributed by atoms with Crippen LogP contribution in [0.2, 0.25) is 0 Å². The van der Waals surface area contributed by atoms with Crippen LogP contribution in [0.3, 0.4) is 0 Å². The summed E-state index contributed by atoms with van der Waals surface area (Å²) in [5.41, 5.74) is 0. The Morgan fingerprint density at radius 3 is 1.57 bits per heavy atom. The second kappa shape index (κ2) is 17.8. The summed E-state index contributed by atoms with van der Waals surface area (Å²) in [6, 6.07) is 8.71. The van der Waals surface area contributed by atoms with Crippen LogP contribution in [-0.2, 0) is 22.9 Å². The molecule has 0 aromatic heterocycles. The van der Waals surface area contributed by atoms with E-state index in [1.165, 1.54) is 0 Å². The van der Waals surface area contributed by atoms with E-state index in [0.717, 1.165) is 18.2 Å². The molecule has 12 heteroatoms. The molecular weight excluding hydrogens is 325 g/mol. The van der Waals surface area contributed by atoms with Crippen LogP contribution in [-0.4, -0.2) is 28.0 Å². The molecule has 0 saturated heterocycles. The second-order valence-electron chi connectivity index (χ2n) is 2.27. The predicted molar refractivity (Wildman–Crippen MR) is 70.7 cm³/mol. The molecule has 0 aliphatic heterocycles. The zero-order chi connectivity index (χ0) is 17.1. The predicted octanol–water partition coefficient (Wildman–Crippen LogP) is 1.51. The van der Waals surface area contributed by atoms with Gasteiger partial charge in [0.15, 0.2) is 0 Å². The molecule has 0 saturated carbocycles. The maximum absolute atomic E-state index is 10.3. The van der Waals surface area contributed by atoms with Crippen LogP contribution in [0.15, 0.2) is 35.2 Å². The number of benzene rings is 1. The first-order valence-corrected chi connectivity index (χ1v) is 6.68. The molecule has 114 valence electrons. The number of hydrogen-bond acceptors (Lipinski definition) is 9. The van der Waals surface area contributed by atoms with Crippen molar-refractivity contribution in [2.45, 2.75) is 4.90 Å². The third-order valence-corrected chi connectivity index (χ3v) is 2.51. The van der Waals surface area contributed by atoms with Crippen molar-refractivity contribution >= 4 is 38.1 Å². The van der Waals surface area contributed by atoms with E-state index in [9.17, 15) is 4.57 Å². The number of isocyanates is 3. The van der Waals surface area contributed by atoms with Crippen LogP contribution in [0.1, 0.15) is 0 Å². The number of carbonyl (C=O) groups excluding carboxylic acids is 3. The van der Waals surface area contributed by atoms with Crippen molar-refractivity contribution in [2.75, 3.05) is 0 Å². The smallest absolute Gasteiger partial charge is 0.302 e. The highest BCUT2D eigenvalue weighted by Gasteiger charge is 2.14. The molecule has 0 spiro atoms. The summed E-state index contributed by atoms with van der Waals surface area (Å²) in [6.45, 7) is 0. The van der Waals surface area contributed by atoms with Crippen LogP contribution in [0.5, 0.6) is 0 Å². The Hall–Kier alpha value is -2.18. The highest BCUT2D eigenvalue weighted by atomic mass is 32.2. The molecule has 5 N–H and O–H groups in total. The van der Waals surface area contributed by atoms with Crippen molar-refractivity contribution in [2.24, 2.45) is 0 Å².